The van der Waals surface area contributed by atoms with Crippen LogP contribution in [0.4, 0.5) is 0 Å². The maximum absolute atomic E-state index is 12.5. The normalized spacial score (nSPS) is 11.3. The number of ketones is 1. The lowest BCUT2D eigenvalue weighted by atomic mass is 10.1. The summed E-state index contributed by atoms with van der Waals surface area (Å²) in [6, 6.07) is 12.9. The van der Waals surface area contributed by atoms with Gasteiger partial charge in [-0.2, -0.15) is 0 Å². The number of carbonyl (C=O) groups excluding carboxylic acids is 1. The highest BCUT2D eigenvalue weighted by atomic mass is 32.2. The summed E-state index contributed by atoms with van der Waals surface area (Å²) in [5, 5.41) is 0. The van der Waals surface area contributed by atoms with E-state index in [-0.39, 0.29) is 21.1 Å². The lowest BCUT2D eigenvalue weighted by molar-refractivity contribution is 0.101. The number of rotatable bonds is 3. The summed E-state index contributed by atoms with van der Waals surface area (Å²) < 4.78 is 25.0. The second-order valence-electron chi connectivity index (χ2n) is 4.37. The van der Waals surface area contributed by atoms with Gasteiger partial charge in [0.15, 0.2) is 5.78 Å². The third kappa shape index (κ3) is 2.58. The first-order chi connectivity index (χ1) is 8.93. The number of hydrogen-bond acceptors (Lipinski definition) is 3. The summed E-state index contributed by atoms with van der Waals surface area (Å²) in [5.41, 5.74) is 1.21. The summed E-state index contributed by atoms with van der Waals surface area (Å²) in [6.07, 6.45) is 0. The van der Waals surface area contributed by atoms with Crippen LogP contribution in [-0.2, 0) is 9.84 Å². The largest absolute Gasteiger partial charge is 0.294 e. The van der Waals surface area contributed by atoms with Gasteiger partial charge in [-0.15, -0.1) is 0 Å². The molecule has 0 saturated carbocycles. The average Bonchev–Trinajstić information content (AvgIpc) is 2.39. The Hall–Kier alpha value is -1.94. The Morgan fingerprint density at radius 2 is 1.53 bits per heavy atom. The van der Waals surface area contributed by atoms with Crippen LogP contribution in [-0.4, -0.2) is 14.2 Å². The quantitative estimate of drug-likeness (QED) is 0.808. The molecule has 0 atom stereocenters. The molecule has 19 heavy (non-hydrogen) atoms. The number of hydrogen-bond donors (Lipinski definition) is 0. The Labute approximate surface area is 112 Å². The maximum atomic E-state index is 12.5. The first-order valence-electron chi connectivity index (χ1n) is 5.84. The van der Waals surface area contributed by atoms with E-state index in [1.807, 2.05) is 6.92 Å². The number of sulfone groups is 1. The fraction of sp³-hybridized carbons (Fsp3) is 0.133. The molecule has 2 aromatic rings. The van der Waals surface area contributed by atoms with Gasteiger partial charge in [0.2, 0.25) is 9.84 Å². The summed E-state index contributed by atoms with van der Waals surface area (Å²) in [6.45, 7) is 3.25. The zero-order chi connectivity index (χ0) is 14.0. The molecule has 0 heterocycles. The molecule has 0 radical (unpaired) electrons. The molecular weight excluding hydrogens is 260 g/mol. The van der Waals surface area contributed by atoms with Gasteiger partial charge in [0.05, 0.1) is 9.79 Å². The molecule has 3 nitrogen and oxygen atoms in total. The van der Waals surface area contributed by atoms with Crippen molar-refractivity contribution in [3.63, 3.8) is 0 Å². The highest BCUT2D eigenvalue weighted by Gasteiger charge is 2.22. The molecule has 0 aliphatic rings. The van der Waals surface area contributed by atoms with Crippen LogP contribution in [0.2, 0.25) is 0 Å². The molecule has 0 saturated heterocycles. The predicted molar refractivity (Wildman–Crippen MR) is 73.1 cm³/mol. The first-order valence-corrected chi connectivity index (χ1v) is 7.33. The molecule has 0 fully saturated rings. The molecule has 0 aromatic heterocycles. The van der Waals surface area contributed by atoms with Gasteiger partial charge in [0, 0.05) is 5.56 Å². The Kier molecular flexibility index (Phi) is 3.53. The number of benzene rings is 2. The molecule has 0 aliphatic heterocycles. The molecule has 98 valence electrons. The van der Waals surface area contributed by atoms with Crippen molar-refractivity contribution in [3.8, 4) is 0 Å². The van der Waals surface area contributed by atoms with Crippen LogP contribution in [0.15, 0.2) is 58.3 Å². The summed E-state index contributed by atoms with van der Waals surface area (Å²) in [5.74, 6) is -0.258. The van der Waals surface area contributed by atoms with E-state index in [2.05, 4.69) is 0 Å². The van der Waals surface area contributed by atoms with Gasteiger partial charge in [0.1, 0.15) is 0 Å². The van der Waals surface area contributed by atoms with Crippen LogP contribution in [0.1, 0.15) is 22.8 Å². The molecule has 0 amide bonds. The van der Waals surface area contributed by atoms with Gasteiger partial charge in [-0.1, -0.05) is 35.9 Å². The zero-order valence-electron chi connectivity index (χ0n) is 10.8. The Bertz CT molecular complexity index is 713. The minimum absolute atomic E-state index is 0.0614. The highest BCUT2D eigenvalue weighted by Crippen LogP contribution is 2.24. The number of aryl methyl sites for hydroxylation is 1. The van der Waals surface area contributed by atoms with Crippen molar-refractivity contribution >= 4 is 15.6 Å². The van der Waals surface area contributed by atoms with Gasteiger partial charge < -0.3 is 0 Å². The van der Waals surface area contributed by atoms with Crippen molar-refractivity contribution in [2.75, 3.05) is 0 Å². The smallest absolute Gasteiger partial charge is 0.207 e. The SMILES string of the molecule is CC(=O)c1ccccc1S(=O)(=O)c1ccc(C)cc1. The second-order valence-corrected chi connectivity index (χ2v) is 6.29. The Balaban J connectivity index is 2.63. The van der Waals surface area contributed by atoms with Crippen LogP contribution in [0.3, 0.4) is 0 Å². The van der Waals surface area contributed by atoms with E-state index < -0.39 is 9.84 Å². The van der Waals surface area contributed by atoms with Crippen molar-refractivity contribution in [2.45, 2.75) is 23.6 Å². The van der Waals surface area contributed by atoms with Gasteiger partial charge in [-0.05, 0) is 32.0 Å². The van der Waals surface area contributed by atoms with E-state index >= 15 is 0 Å². The lowest BCUT2D eigenvalue weighted by Crippen LogP contribution is -2.08. The van der Waals surface area contributed by atoms with E-state index in [0.717, 1.165) is 5.56 Å². The van der Waals surface area contributed by atoms with E-state index in [1.54, 1.807) is 36.4 Å². The summed E-state index contributed by atoms with van der Waals surface area (Å²) in [4.78, 5) is 11.8. The minimum atomic E-state index is -3.65. The van der Waals surface area contributed by atoms with Crippen LogP contribution in [0.25, 0.3) is 0 Å². The van der Waals surface area contributed by atoms with Crippen molar-refractivity contribution in [2.24, 2.45) is 0 Å². The van der Waals surface area contributed by atoms with Crippen LogP contribution in [0, 0.1) is 6.92 Å². The third-order valence-corrected chi connectivity index (χ3v) is 4.71. The molecule has 2 rings (SSSR count). The van der Waals surface area contributed by atoms with Gasteiger partial charge in [-0.3, -0.25) is 4.79 Å². The summed E-state index contributed by atoms with van der Waals surface area (Å²) >= 11 is 0. The van der Waals surface area contributed by atoms with Gasteiger partial charge in [-0.25, -0.2) is 8.42 Å². The van der Waals surface area contributed by atoms with Crippen LogP contribution in [0.5, 0.6) is 0 Å². The lowest BCUT2D eigenvalue weighted by Gasteiger charge is -2.08. The average molecular weight is 274 g/mol. The molecule has 0 N–H and O–H groups in total. The molecule has 0 aliphatic carbocycles. The van der Waals surface area contributed by atoms with Crippen LogP contribution < -0.4 is 0 Å². The fourth-order valence-corrected chi connectivity index (χ4v) is 3.34. The van der Waals surface area contributed by atoms with Crippen molar-refractivity contribution < 1.29 is 13.2 Å². The number of Topliss-reactive ketones (excluding diaryl/α,β-unsaturated/α-hetero) is 1. The molecule has 0 spiro atoms. The maximum Gasteiger partial charge on any atom is 0.207 e. The molecular formula is C15H14O3S. The van der Waals surface area contributed by atoms with Crippen molar-refractivity contribution in [1.82, 2.24) is 0 Å². The first kappa shape index (κ1) is 13.5. The highest BCUT2D eigenvalue weighted by molar-refractivity contribution is 7.91. The predicted octanol–water partition coefficient (Wildman–Crippen LogP) is 3.03. The van der Waals surface area contributed by atoms with E-state index in [9.17, 15) is 13.2 Å². The Morgan fingerprint density at radius 1 is 0.947 bits per heavy atom. The van der Waals surface area contributed by atoms with E-state index in [0.29, 0.717) is 0 Å². The third-order valence-electron chi connectivity index (χ3n) is 2.89. The monoisotopic (exact) mass is 274 g/mol. The van der Waals surface area contributed by atoms with E-state index in [1.165, 1.54) is 19.1 Å². The number of carbonyl (C=O) groups is 1. The van der Waals surface area contributed by atoms with Crippen molar-refractivity contribution in [1.29, 1.82) is 0 Å². The second kappa shape index (κ2) is 4.97. The topological polar surface area (TPSA) is 51.2 Å². The molecule has 0 unspecified atom stereocenters. The zero-order valence-corrected chi connectivity index (χ0v) is 11.6. The summed E-state index contributed by atoms with van der Waals surface area (Å²) in [7, 11) is -3.65. The Morgan fingerprint density at radius 3 is 2.11 bits per heavy atom. The van der Waals surface area contributed by atoms with Gasteiger partial charge in [0.25, 0.3) is 0 Å². The minimum Gasteiger partial charge on any atom is -0.294 e. The van der Waals surface area contributed by atoms with Crippen LogP contribution >= 0.6 is 0 Å². The van der Waals surface area contributed by atoms with Crippen molar-refractivity contribution in [3.05, 3.63) is 59.7 Å². The standard InChI is InChI=1S/C15H14O3S/c1-11-7-9-13(10-8-11)19(17,18)15-6-4-3-5-14(15)12(2)16/h3-10H,1-2H3. The van der Waals surface area contributed by atoms with Gasteiger partial charge >= 0.3 is 0 Å². The fourth-order valence-electron chi connectivity index (χ4n) is 1.84. The molecule has 4 heteroatoms. The molecule has 0 bridgehead atoms. The molecule has 2 aromatic carbocycles. The van der Waals surface area contributed by atoms with E-state index in [4.69, 9.17) is 0 Å².